The van der Waals surface area contributed by atoms with E-state index in [1.54, 1.807) is 0 Å². The zero-order valence-electron chi connectivity index (χ0n) is 12.9. The standard InChI is InChI=1S/C17H11F6NO2/c18-16(19,20)10-2-8(3-11(6-10)17(21,22)23)1-9-4-12-15(13(25)5-9)14(26)7-24-12/h2-6,24-25H,1,7H2. The van der Waals surface area contributed by atoms with E-state index in [-0.39, 0.29) is 47.3 Å². The van der Waals surface area contributed by atoms with Crippen LogP contribution in [0.3, 0.4) is 0 Å². The molecule has 0 atom stereocenters. The Bertz CT molecular complexity index is 854. The van der Waals surface area contributed by atoms with E-state index in [1.165, 1.54) is 6.07 Å². The van der Waals surface area contributed by atoms with E-state index in [0.717, 1.165) is 6.07 Å². The summed E-state index contributed by atoms with van der Waals surface area (Å²) in [6.07, 6.45) is -10.1. The lowest BCUT2D eigenvalue weighted by molar-refractivity contribution is -0.143. The number of halogens is 6. The van der Waals surface area contributed by atoms with Crippen molar-refractivity contribution in [3.63, 3.8) is 0 Å². The largest absolute Gasteiger partial charge is 0.507 e. The van der Waals surface area contributed by atoms with Gasteiger partial charge < -0.3 is 10.4 Å². The van der Waals surface area contributed by atoms with Crippen LogP contribution in [-0.2, 0) is 18.8 Å². The summed E-state index contributed by atoms with van der Waals surface area (Å²) in [5.74, 6) is -0.710. The maximum absolute atomic E-state index is 12.9. The highest BCUT2D eigenvalue weighted by atomic mass is 19.4. The van der Waals surface area contributed by atoms with Gasteiger partial charge in [0.2, 0.25) is 0 Å². The Kier molecular flexibility index (Phi) is 4.12. The van der Waals surface area contributed by atoms with Gasteiger partial charge >= 0.3 is 12.4 Å². The number of phenolic OH excluding ortho intramolecular Hbond substituents is 1. The predicted octanol–water partition coefficient (Wildman–Crippen LogP) is 4.63. The molecule has 138 valence electrons. The van der Waals surface area contributed by atoms with Crippen molar-refractivity contribution in [3.8, 4) is 5.75 Å². The molecule has 0 spiro atoms. The van der Waals surface area contributed by atoms with Crippen LogP contribution in [0.25, 0.3) is 0 Å². The summed E-state index contributed by atoms with van der Waals surface area (Å²) in [7, 11) is 0. The molecule has 0 saturated carbocycles. The van der Waals surface area contributed by atoms with Crippen molar-refractivity contribution in [3.05, 3.63) is 58.1 Å². The lowest BCUT2D eigenvalue weighted by atomic mass is 9.97. The second-order valence-corrected chi connectivity index (χ2v) is 5.91. The maximum Gasteiger partial charge on any atom is 0.416 e. The number of hydrogen-bond donors (Lipinski definition) is 2. The van der Waals surface area contributed by atoms with Gasteiger partial charge in [-0.1, -0.05) is 0 Å². The van der Waals surface area contributed by atoms with E-state index in [0.29, 0.717) is 17.8 Å². The maximum atomic E-state index is 12.9. The quantitative estimate of drug-likeness (QED) is 0.753. The van der Waals surface area contributed by atoms with Crippen molar-refractivity contribution in [2.24, 2.45) is 0 Å². The molecule has 0 radical (unpaired) electrons. The molecular weight excluding hydrogens is 364 g/mol. The number of hydrogen-bond acceptors (Lipinski definition) is 3. The lowest BCUT2D eigenvalue weighted by Crippen LogP contribution is -2.12. The molecule has 2 aromatic carbocycles. The average molecular weight is 375 g/mol. The molecule has 0 unspecified atom stereocenters. The number of carbonyl (C=O) groups is 1. The second kappa shape index (κ2) is 5.93. The van der Waals surface area contributed by atoms with E-state index in [4.69, 9.17) is 0 Å². The van der Waals surface area contributed by atoms with Crippen LogP contribution in [0.15, 0.2) is 30.3 Å². The third-order valence-electron chi connectivity index (χ3n) is 3.95. The Morgan fingerprint density at radius 1 is 0.885 bits per heavy atom. The molecule has 0 fully saturated rings. The predicted molar refractivity (Wildman–Crippen MR) is 80.2 cm³/mol. The van der Waals surface area contributed by atoms with Gasteiger partial charge in [-0.2, -0.15) is 26.3 Å². The fraction of sp³-hybridized carbons (Fsp3) is 0.235. The number of carbonyl (C=O) groups excluding carboxylic acids is 1. The normalized spacial score (nSPS) is 14.3. The monoisotopic (exact) mass is 375 g/mol. The molecule has 1 heterocycles. The molecule has 0 aromatic heterocycles. The van der Waals surface area contributed by atoms with Gasteiger partial charge in [-0.05, 0) is 47.9 Å². The molecule has 1 aliphatic heterocycles. The minimum absolute atomic E-state index is 0.0336. The molecule has 0 bridgehead atoms. The fourth-order valence-electron chi connectivity index (χ4n) is 2.84. The first-order valence-corrected chi connectivity index (χ1v) is 7.36. The minimum atomic E-state index is -4.93. The highest BCUT2D eigenvalue weighted by Gasteiger charge is 2.37. The Morgan fingerprint density at radius 3 is 1.96 bits per heavy atom. The van der Waals surface area contributed by atoms with Crippen molar-refractivity contribution in [1.29, 1.82) is 0 Å². The van der Waals surface area contributed by atoms with Crippen LogP contribution in [-0.4, -0.2) is 17.4 Å². The van der Waals surface area contributed by atoms with Gasteiger partial charge in [0.15, 0.2) is 5.78 Å². The van der Waals surface area contributed by atoms with Gasteiger partial charge in [0.1, 0.15) is 5.75 Å². The van der Waals surface area contributed by atoms with Crippen molar-refractivity contribution in [2.75, 3.05) is 11.9 Å². The topological polar surface area (TPSA) is 49.3 Å². The summed E-state index contributed by atoms with van der Waals surface area (Å²) < 4.78 is 77.4. The SMILES string of the molecule is O=C1CNc2cc(Cc3cc(C(F)(F)F)cc(C(F)(F)F)c3)cc(O)c21. The number of rotatable bonds is 2. The molecule has 2 aromatic rings. The smallest absolute Gasteiger partial charge is 0.416 e. The van der Waals surface area contributed by atoms with Crippen LogP contribution >= 0.6 is 0 Å². The Hall–Kier alpha value is -2.71. The Balaban J connectivity index is 2.03. The number of alkyl halides is 6. The van der Waals surface area contributed by atoms with E-state index in [2.05, 4.69) is 5.32 Å². The zero-order valence-corrected chi connectivity index (χ0v) is 12.9. The number of fused-ring (bicyclic) bond motifs is 1. The summed E-state index contributed by atoms with van der Waals surface area (Å²) in [5.41, 5.74) is -2.38. The third kappa shape index (κ3) is 3.47. The number of anilines is 1. The summed E-state index contributed by atoms with van der Waals surface area (Å²) in [6, 6.07) is 3.92. The lowest BCUT2D eigenvalue weighted by Gasteiger charge is -2.15. The van der Waals surface area contributed by atoms with Crippen LogP contribution in [0.2, 0.25) is 0 Å². The van der Waals surface area contributed by atoms with E-state index >= 15 is 0 Å². The van der Waals surface area contributed by atoms with Gasteiger partial charge in [-0.25, -0.2) is 0 Å². The molecule has 0 aliphatic carbocycles. The zero-order chi connectivity index (χ0) is 19.3. The van der Waals surface area contributed by atoms with E-state index in [1.807, 2.05) is 0 Å². The molecule has 3 nitrogen and oxygen atoms in total. The van der Waals surface area contributed by atoms with Gasteiger partial charge in [-0.3, -0.25) is 4.79 Å². The fourth-order valence-corrected chi connectivity index (χ4v) is 2.84. The number of aromatic hydroxyl groups is 1. The molecule has 26 heavy (non-hydrogen) atoms. The second-order valence-electron chi connectivity index (χ2n) is 5.91. The van der Waals surface area contributed by atoms with Crippen LogP contribution in [0.1, 0.15) is 32.6 Å². The Morgan fingerprint density at radius 2 is 1.42 bits per heavy atom. The number of nitrogens with one attached hydrogen (secondary N) is 1. The summed E-state index contributed by atoms with van der Waals surface area (Å²) in [5, 5.41) is 12.6. The minimum Gasteiger partial charge on any atom is -0.507 e. The number of benzene rings is 2. The van der Waals surface area contributed by atoms with Crippen molar-refractivity contribution < 1.29 is 36.2 Å². The average Bonchev–Trinajstić information content (AvgIpc) is 2.87. The van der Waals surface area contributed by atoms with Crippen molar-refractivity contribution in [1.82, 2.24) is 0 Å². The third-order valence-corrected chi connectivity index (χ3v) is 3.95. The molecule has 2 N–H and O–H groups in total. The number of phenols is 1. The summed E-state index contributed by atoms with van der Waals surface area (Å²) in [6.45, 7) is -0.0336. The summed E-state index contributed by atoms with van der Waals surface area (Å²) >= 11 is 0. The molecule has 9 heteroatoms. The van der Waals surface area contributed by atoms with Crippen molar-refractivity contribution in [2.45, 2.75) is 18.8 Å². The Labute approximate surface area is 143 Å². The van der Waals surface area contributed by atoms with Gasteiger partial charge in [0.05, 0.1) is 23.2 Å². The van der Waals surface area contributed by atoms with E-state index < -0.39 is 23.5 Å². The first-order valence-electron chi connectivity index (χ1n) is 7.36. The van der Waals surface area contributed by atoms with Crippen LogP contribution in [0.4, 0.5) is 32.0 Å². The van der Waals surface area contributed by atoms with Gasteiger partial charge in [0.25, 0.3) is 0 Å². The van der Waals surface area contributed by atoms with Gasteiger partial charge in [-0.15, -0.1) is 0 Å². The molecule has 0 amide bonds. The van der Waals surface area contributed by atoms with Crippen LogP contribution < -0.4 is 5.32 Å². The number of Topliss-reactive ketones (excluding diaryl/α,β-unsaturated/α-hetero) is 1. The van der Waals surface area contributed by atoms with Crippen LogP contribution in [0, 0.1) is 0 Å². The van der Waals surface area contributed by atoms with E-state index in [9.17, 15) is 36.2 Å². The highest BCUT2D eigenvalue weighted by molar-refractivity contribution is 6.10. The van der Waals surface area contributed by atoms with Crippen LogP contribution in [0.5, 0.6) is 5.75 Å². The number of ketones is 1. The first-order chi connectivity index (χ1) is 11.9. The van der Waals surface area contributed by atoms with Gasteiger partial charge in [0, 0.05) is 5.69 Å². The highest BCUT2D eigenvalue weighted by Crippen LogP contribution is 2.38. The van der Waals surface area contributed by atoms with Crippen molar-refractivity contribution >= 4 is 11.5 Å². The first kappa shape index (κ1) is 18.1. The molecule has 1 aliphatic rings. The molecule has 0 saturated heterocycles. The molecular formula is C17H11F6NO2. The molecule has 3 rings (SSSR count). The summed E-state index contributed by atoms with van der Waals surface area (Å²) in [4.78, 5) is 11.6.